The summed E-state index contributed by atoms with van der Waals surface area (Å²) in [5.74, 6) is -1.08. The summed E-state index contributed by atoms with van der Waals surface area (Å²) < 4.78 is 6.38. The second kappa shape index (κ2) is 7.48. The number of rotatable bonds is 5. The Hall–Kier alpha value is -1.78. The van der Waals surface area contributed by atoms with Gasteiger partial charge in [-0.15, -0.1) is 0 Å². The van der Waals surface area contributed by atoms with Crippen molar-refractivity contribution in [3.8, 4) is 0 Å². The highest BCUT2D eigenvalue weighted by Gasteiger charge is 2.65. The lowest BCUT2D eigenvalue weighted by Gasteiger charge is -2.32. The molecule has 8 nitrogen and oxygen atoms in total. The fourth-order valence-electron chi connectivity index (χ4n) is 4.90. The molecule has 2 aliphatic heterocycles. The molecule has 2 amide bonds. The van der Waals surface area contributed by atoms with Crippen molar-refractivity contribution in [3.05, 3.63) is 23.8 Å². The third-order valence-corrected chi connectivity index (χ3v) is 8.68. The largest absolute Gasteiger partial charge is 0.432 e. The van der Waals surface area contributed by atoms with Crippen LogP contribution in [0.15, 0.2) is 18.2 Å². The molecule has 160 valence electrons. The molecule has 0 unspecified atom stereocenters. The van der Waals surface area contributed by atoms with Crippen molar-refractivity contribution >= 4 is 31.5 Å². The fraction of sp³-hybridized carbons (Fsp3) is 0.600. The van der Waals surface area contributed by atoms with Crippen LogP contribution in [0.1, 0.15) is 25.8 Å². The Morgan fingerprint density at radius 3 is 2.62 bits per heavy atom. The zero-order valence-corrected chi connectivity index (χ0v) is 18.5. The summed E-state index contributed by atoms with van der Waals surface area (Å²) in [6.07, 6.45) is -1.28. The molecule has 0 saturated carbocycles. The third kappa shape index (κ3) is 3.40. The molecule has 9 heteroatoms. The number of anilines is 2. The van der Waals surface area contributed by atoms with E-state index < -0.39 is 32.0 Å². The van der Waals surface area contributed by atoms with E-state index in [1.807, 2.05) is 20.0 Å². The lowest BCUT2D eigenvalue weighted by atomic mass is 9.82. The summed E-state index contributed by atoms with van der Waals surface area (Å²) in [5.41, 5.74) is 0.235. The summed E-state index contributed by atoms with van der Waals surface area (Å²) in [4.78, 5) is 37.8. The highest BCUT2D eigenvalue weighted by atomic mass is 28.4. The van der Waals surface area contributed by atoms with Crippen molar-refractivity contribution in [2.45, 2.75) is 56.7 Å². The van der Waals surface area contributed by atoms with Crippen molar-refractivity contribution in [1.82, 2.24) is 0 Å². The first-order chi connectivity index (χ1) is 13.4. The quantitative estimate of drug-likeness (QED) is 0.529. The SMILES string of the molecule is C[C@H](O)C(=O)Nc1ccc2c(c1)[C@]1(O[C@@H](CCO)[C@H]([Si](C)(C)O)[C@H]1C)C(=O)N2C. The monoisotopic (exact) mass is 422 g/mol. The van der Waals surface area contributed by atoms with Crippen molar-refractivity contribution < 1.29 is 29.3 Å². The Morgan fingerprint density at radius 2 is 2.07 bits per heavy atom. The number of likely N-dealkylation sites (N-methyl/N-ethyl adjacent to an activating group) is 1. The van der Waals surface area contributed by atoms with E-state index in [4.69, 9.17) is 4.74 Å². The molecule has 1 fully saturated rings. The van der Waals surface area contributed by atoms with E-state index in [2.05, 4.69) is 5.32 Å². The predicted octanol–water partition coefficient (Wildman–Crippen LogP) is 1.16. The first kappa shape index (κ1) is 21.9. The standard InChI is InChI=1S/C20H30N2O6Si/c1-11-17(29(4,5)27)16(8-9-23)28-20(11)14-10-13(21-18(25)12(2)24)6-7-15(14)22(3)19(20)26/h6-7,10-12,16-17,23-24,27H,8-9H2,1-5H3,(H,21,25)/t11-,12+,16+,17-,20+/m1/s1. The lowest BCUT2D eigenvalue weighted by molar-refractivity contribution is -0.146. The number of carbonyl (C=O) groups is 2. The molecule has 1 aromatic rings. The van der Waals surface area contributed by atoms with Gasteiger partial charge in [0, 0.05) is 36.4 Å². The highest BCUT2D eigenvalue weighted by molar-refractivity contribution is 6.71. The molecule has 5 atom stereocenters. The number of ether oxygens (including phenoxy) is 1. The maximum atomic E-state index is 13.4. The van der Waals surface area contributed by atoms with Gasteiger partial charge in [-0.05, 0) is 44.6 Å². The van der Waals surface area contributed by atoms with Gasteiger partial charge in [-0.3, -0.25) is 9.59 Å². The number of benzene rings is 1. The number of hydrogen-bond donors (Lipinski definition) is 4. The van der Waals surface area contributed by atoms with E-state index in [0.717, 1.165) is 0 Å². The zero-order valence-electron chi connectivity index (χ0n) is 17.5. The van der Waals surface area contributed by atoms with Crippen LogP contribution in [0.25, 0.3) is 0 Å². The van der Waals surface area contributed by atoms with Gasteiger partial charge in [0.25, 0.3) is 11.8 Å². The predicted molar refractivity (Wildman–Crippen MR) is 111 cm³/mol. The normalized spacial score (nSPS) is 30.0. The van der Waals surface area contributed by atoms with Crippen LogP contribution in [0.4, 0.5) is 11.4 Å². The number of hydrogen-bond acceptors (Lipinski definition) is 6. The van der Waals surface area contributed by atoms with Crippen LogP contribution in [0, 0.1) is 5.92 Å². The molecule has 1 spiro atoms. The van der Waals surface area contributed by atoms with Crippen LogP contribution in [0.5, 0.6) is 0 Å². The Balaban J connectivity index is 2.11. The average molecular weight is 423 g/mol. The Kier molecular flexibility index (Phi) is 5.65. The fourth-order valence-corrected chi connectivity index (χ4v) is 7.51. The zero-order chi connectivity index (χ0) is 21.7. The van der Waals surface area contributed by atoms with Crippen molar-refractivity contribution in [2.24, 2.45) is 5.92 Å². The number of nitrogens with one attached hydrogen (secondary N) is 1. The first-order valence-electron chi connectivity index (χ1n) is 9.87. The minimum absolute atomic E-state index is 0.101. The van der Waals surface area contributed by atoms with Crippen LogP contribution in [-0.2, 0) is 19.9 Å². The van der Waals surface area contributed by atoms with E-state index in [0.29, 0.717) is 23.4 Å². The van der Waals surface area contributed by atoms with Crippen LogP contribution in [0.2, 0.25) is 18.6 Å². The molecule has 1 saturated heterocycles. The van der Waals surface area contributed by atoms with Crippen LogP contribution in [0.3, 0.4) is 0 Å². The second-order valence-corrected chi connectivity index (χ2v) is 12.6. The number of nitrogens with zero attached hydrogens (tertiary/aromatic N) is 1. The molecule has 3 rings (SSSR count). The van der Waals surface area contributed by atoms with E-state index >= 15 is 0 Å². The summed E-state index contributed by atoms with van der Waals surface area (Å²) >= 11 is 0. The molecular weight excluding hydrogens is 392 g/mol. The first-order valence-corrected chi connectivity index (χ1v) is 12.9. The summed E-state index contributed by atoms with van der Waals surface area (Å²) in [5, 5.41) is 21.6. The van der Waals surface area contributed by atoms with E-state index in [9.17, 15) is 24.6 Å². The van der Waals surface area contributed by atoms with Gasteiger partial charge < -0.3 is 30.0 Å². The number of fused-ring (bicyclic) bond motifs is 2. The minimum atomic E-state index is -2.72. The summed E-state index contributed by atoms with van der Waals surface area (Å²) in [7, 11) is -1.04. The van der Waals surface area contributed by atoms with Crippen molar-refractivity contribution in [2.75, 3.05) is 23.9 Å². The van der Waals surface area contributed by atoms with Gasteiger partial charge in [-0.2, -0.15) is 0 Å². The number of aliphatic hydroxyl groups excluding tert-OH is 2. The van der Waals surface area contributed by atoms with E-state index in [1.165, 1.54) is 11.8 Å². The molecule has 2 aliphatic rings. The Morgan fingerprint density at radius 1 is 1.41 bits per heavy atom. The second-order valence-electron chi connectivity index (χ2n) is 8.63. The van der Waals surface area contributed by atoms with Gasteiger partial charge in [0.05, 0.1) is 11.8 Å². The summed E-state index contributed by atoms with van der Waals surface area (Å²) in [6.45, 7) is 6.83. The van der Waals surface area contributed by atoms with Gasteiger partial charge >= 0.3 is 0 Å². The third-order valence-electron chi connectivity index (χ3n) is 6.17. The highest BCUT2D eigenvalue weighted by Crippen LogP contribution is 2.59. The van der Waals surface area contributed by atoms with Gasteiger partial charge in [0.2, 0.25) is 0 Å². The molecule has 1 aromatic carbocycles. The minimum Gasteiger partial charge on any atom is -0.432 e. The molecule has 0 aromatic heterocycles. The van der Waals surface area contributed by atoms with Crippen molar-refractivity contribution in [3.63, 3.8) is 0 Å². The van der Waals surface area contributed by atoms with Crippen LogP contribution < -0.4 is 10.2 Å². The molecule has 29 heavy (non-hydrogen) atoms. The van der Waals surface area contributed by atoms with Crippen LogP contribution in [-0.4, -0.2) is 61.0 Å². The van der Waals surface area contributed by atoms with Gasteiger partial charge in [0.1, 0.15) is 6.10 Å². The Labute approximate surface area is 171 Å². The number of amides is 2. The molecule has 2 heterocycles. The maximum absolute atomic E-state index is 13.4. The maximum Gasteiger partial charge on any atom is 0.264 e. The number of carbonyl (C=O) groups excluding carboxylic acids is 2. The molecule has 0 radical (unpaired) electrons. The Bertz CT molecular complexity index is 824. The smallest absolute Gasteiger partial charge is 0.264 e. The topological polar surface area (TPSA) is 119 Å². The number of aliphatic hydroxyl groups is 2. The van der Waals surface area contributed by atoms with E-state index in [-0.39, 0.29) is 24.0 Å². The average Bonchev–Trinajstić information content (AvgIpc) is 3.03. The van der Waals surface area contributed by atoms with Gasteiger partial charge in [0.15, 0.2) is 13.9 Å². The van der Waals surface area contributed by atoms with E-state index in [1.54, 1.807) is 25.2 Å². The molecule has 0 bridgehead atoms. The van der Waals surface area contributed by atoms with Gasteiger partial charge in [-0.1, -0.05) is 6.92 Å². The lowest BCUT2D eigenvalue weighted by Crippen LogP contribution is -2.45. The van der Waals surface area contributed by atoms with Gasteiger partial charge in [-0.25, -0.2) is 0 Å². The molecule has 4 N–H and O–H groups in total. The summed E-state index contributed by atoms with van der Waals surface area (Å²) in [6, 6.07) is 5.12. The van der Waals surface area contributed by atoms with Crippen LogP contribution >= 0.6 is 0 Å². The van der Waals surface area contributed by atoms with Crippen molar-refractivity contribution in [1.29, 1.82) is 0 Å². The molecular formula is C20H30N2O6Si. The molecule has 0 aliphatic carbocycles.